The molecular weight excluding hydrogens is 479 g/mol. The minimum Gasteiger partial charge on any atom is -0.473 e. The van der Waals surface area contributed by atoms with Crippen LogP contribution in [0.4, 0.5) is 0 Å². The van der Waals surface area contributed by atoms with Crippen LogP contribution in [0.1, 0.15) is 30.4 Å². The molecule has 1 saturated carbocycles. The highest BCUT2D eigenvalue weighted by atomic mass is 127. The molecule has 1 heterocycles. The molecule has 1 aromatic heterocycles. The monoisotopic (exact) mass is 510 g/mol. The van der Waals surface area contributed by atoms with Gasteiger partial charge in [-0.3, -0.25) is 4.99 Å². The first-order valence-electron chi connectivity index (χ1n) is 9.98. The van der Waals surface area contributed by atoms with Crippen LogP contribution < -0.4 is 15.4 Å². The van der Waals surface area contributed by atoms with Crippen LogP contribution in [0.15, 0.2) is 53.7 Å². The van der Waals surface area contributed by atoms with Crippen molar-refractivity contribution in [3.63, 3.8) is 0 Å². The molecule has 0 amide bonds. The van der Waals surface area contributed by atoms with Crippen molar-refractivity contribution in [2.45, 2.75) is 32.4 Å². The maximum atomic E-state index is 5.91. The van der Waals surface area contributed by atoms with Crippen LogP contribution in [0, 0.1) is 5.92 Å². The lowest BCUT2D eigenvalue weighted by atomic mass is 10.2. The molecule has 1 aliphatic rings. The number of hydrogen-bond acceptors (Lipinski definition) is 4. The number of halogens is 1. The summed E-state index contributed by atoms with van der Waals surface area (Å²) in [5.74, 6) is 2.23. The zero-order valence-corrected chi connectivity index (χ0v) is 19.3. The Kier molecular flexibility index (Phi) is 10.8. The van der Waals surface area contributed by atoms with Crippen LogP contribution in [0.5, 0.6) is 5.88 Å². The maximum Gasteiger partial charge on any atom is 0.218 e. The summed E-state index contributed by atoms with van der Waals surface area (Å²) in [6.07, 6.45) is 5.38. The van der Waals surface area contributed by atoms with Crippen molar-refractivity contribution >= 4 is 29.9 Å². The Labute approximate surface area is 190 Å². The van der Waals surface area contributed by atoms with Crippen molar-refractivity contribution in [2.24, 2.45) is 10.9 Å². The van der Waals surface area contributed by atoms with Crippen LogP contribution in [0.2, 0.25) is 0 Å². The van der Waals surface area contributed by atoms with E-state index >= 15 is 0 Å². The highest BCUT2D eigenvalue weighted by Crippen LogP contribution is 2.28. The zero-order chi connectivity index (χ0) is 19.4. The third-order valence-electron chi connectivity index (χ3n) is 4.55. The molecule has 6 nitrogen and oxygen atoms in total. The molecule has 0 radical (unpaired) electrons. The molecule has 0 atom stereocenters. The Balaban J connectivity index is 0.00000300. The molecular formula is C22H31IN4O2. The van der Waals surface area contributed by atoms with E-state index in [9.17, 15) is 0 Å². The fourth-order valence-corrected chi connectivity index (χ4v) is 2.73. The lowest BCUT2D eigenvalue weighted by Gasteiger charge is -2.14. The van der Waals surface area contributed by atoms with E-state index in [4.69, 9.17) is 9.47 Å². The fourth-order valence-electron chi connectivity index (χ4n) is 2.73. The highest BCUT2D eigenvalue weighted by molar-refractivity contribution is 14.0. The van der Waals surface area contributed by atoms with Gasteiger partial charge in [-0.15, -0.1) is 24.0 Å². The van der Waals surface area contributed by atoms with E-state index < -0.39 is 0 Å². The van der Waals surface area contributed by atoms with E-state index in [1.807, 2.05) is 42.5 Å². The topological polar surface area (TPSA) is 67.8 Å². The predicted molar refractivity (Wildman–Crippen MR) is 127 cm³/mol. The summed E-state index contributed by atoms with van der Waals surface area (Å²) >= 11 is 0. The molecule has 29 heavy (non-hydrogen) atoms. The van der Waals surface area contributed by atoms with Crippen LogP contribution in [0.3, 0.4) is 0 Å². The van der Waals surface area contributed by atoms with E-state index in [1.54, 1.807) is 13.2 Å². The molecule has 1 fully saturated rings. The van der Waals surface area contributed by atoms with Gasteiger partial charge in [-0.1, -0.05) is 36.4 Å². The number of aromatic nitrogens is 1. The van der Waals surface area contributed by atoms with Crippen molar-refractivity contribution < 1.29 is 9.47 Å². The van der Waals surface area contributed by atoms with Crippen molar-refractivity contribution in [2.75, 3.05) is 26.8 Å². The molecule has 2 N–H and O–H groups in total. The third kappa shape index (κ3) is 8.99. The van der Waals surface area contributed by atoms with Gasteiger partial charge in [0.2, 0.25) is 5.88 Å². The summed E-state index contributed by atoms with van der Waals surface area (Å²) in [4.78, 5) is 8.65. The summed E-state index contributed by atoms with van der Waals surface area (Å²) < 4.78 is 11.6. The van der Waals surface area contributed by atoms with Gasteiger partial charge in [0.1, 0.15) is 6.61 Å². The molecule has 1 aliphatic carbocycles. The Morgan fingerprint density at radius 1 is 1.14 bits per heavy atom. The van der Waals surface area contributed by atoms with E-state index in [-0.39, 0.29) is 24.0 Å². The van der Waals surface area contributed by atoms with E-state index in [1.165, 1.54) is 12.8 Å². The summed E-state index contributed by atoms with van der Waals surface area (Å²) in [5, 5.41) is 6.64. The molecule has 158 valence electrons. The molecule has 0 spiro atoms. The molecule has 0 aliphatic heterocycles. The van der Waals surface area contributed by atoms with Gasteiger partial charge >= 0.3 is 0 Å². The zero-order valence-electron chi connectivity index (χ0n) is 17.0. The van der Waals surface area contributed by atoms with Crippen molar-refractivity contribution in [1.29, 1.82) is 0 Å². The van der Waals surface area contributed by atoms with Gasteiger partial charge < -0.3 is 20.1 Å². The van der Waals surface area contributed by atoms with Crippen LogP contribution in [-0.2, 0) is 17.9 Å². The van der Waals surface area contributed by atoms with E-state index in [2.05, 4.69) is 20.6 Å². The molecule has 3 rings (SSSR count). The van der Waals surface area contributed by atoms with Gasteiger partial charge in [-0.25, -0.2) is 4.98 Å². The number of aliphatic imine (C=N–C) groups is 1. The smallest absolute Gasteiger partial charge is 0.218 e. The van der Waals surface area contributed by atoms with Gasteiger partial charge in [-0.2, -0.15) is 0 Å². The number of pyridine rings is 1. The third-order valence-corrected chi connectivity index (χ3v) is 4.55. The first-order valence-corrected chi connectivity index (χ1v) is 9.98. The fraction of sp³-hybridized carbons (Fsp3) is 0.455. The highest BCUT2D eigenvalue weighted by Gasteiger charge is 2.20. The second kappa shape index (κ2) is 13.4. The van der Waals surface area contributed by atoms with Gasteiger partial charge in [0.15, 0.2) is 5.96 Å². The standard InChI is InChI=1S/C22H30N4O2.HI/c1-23-22(25-13-6-14-27-16-19-10-11-19)26-15-20-9-5-12-24-21(20)28-17-18-7-3-2-4-8-18;/h2-5,7-9,12,19H,6,10-11,13-17H2,1H3,(H2,23,25,26);1H. The number of benzene rings is 1. The summed E-state index contributed by atoms with van der Waals surface area (Å²) in [6, 6.07) is 14.0. The van der Waals surface area contributed by atoms with Crippen LogP contribution >= 0.6 is 24.0 Å². The lowest BCUT2D eigenvalue weighted by Crippen LogP contribution is -2.37. The molecule has 0 unspecified atom stereocenters. The molecule has 1 aromatic carbocycles. The van der Waals surface area contributed by atoms with Gasteiger partial charge in [-0.05, 0) is 36.8 Å². The molecule has 2 aromatic rings. The lowest BCUT2D eigenvalue weighted by molar-refractivity contribution is 0.123. The van der Waals surface area contributed by atoms with Crippen LogP contribution in [-0.4, -0.2) is 37.7 Å². The second-order valence-corrected chi connectivity index (χ2v) is 6.97. The molecule has 0 bridgehead atoms. The first kappa shape index (κ1) is 23.4. The predicted octanol–water partition coefficient (Wildman–Crippen LogP) is 3.76. The Bertz CT molecular complexity index is 739. The second-order valence-electron chi connectivity index (χ2n) is 6.97. The molecule has 0 saturated heterocycles. The van der Waals surface area contributed by atoms with Crippen molar-refractivity contribution in [3.05, 3.63) is 59.8 Å². The Morgan fingerprint density at radius 3 is 2.72 bits per heavy atom. The summed E-state index contributed by atoms with van der Waals surface area (Å²) in [5.41, 5.74) is 2.11. The summed E-state index contributed by atoms with van der Waals surface area (Å²) in [7, 11) is 1.77. The van der Waals surface area contributed by atoms with Crippen molar-refractivity contribution in [3.8, 4) is 5.88 Å². The minimum absolute atomic E-state index is 0. The average molecular weight is 510 g/mol. The van der Waals surface area contributed by atoms with Crippen LogP contribution in [0.25, 0.3) is 0 Å². The van der Waals surface area contributed by atoms with Gasteiger partial charge in [0.05, 0.1) is 0 Å². The van der Waals surface area contributed by atoms with E-state index in [0.717, 1.165) is 49.2 Å². The van der Waals surface area contributed by atoms with Gasteiger partial charge in [0, 0.05) is 45.1 Å². The van der Waals surface area contributed by atoms with Crippen molar-refractivity contribution in [1.82, 2.24) is 15.6 Å². The number of hydrogen-bond donors (Lipinski definition) is 2. The quantitative estimate of drug-likeness (QED) is 0.209. The molecule has 7 heteroatoms. The number of ether oxygens (including phenoxy) is 2. The average Bonchev–Trinajstić information content (AvgIpc) is 3.57. The maximum absolute atomic E-state index is 5.91. The number of guanidine groups is 1. The summed E-state index contributed by atoms with van der Waals surface area (Å²) in [6.45, 7) is 3.63. The largest absolute Gasteiger partial charge is 0.473 e. The number of nitrogens with one attached hydrogen (secondary N) is 2. The Morgan fingerprint density at radius 2 is 1.97 bits per heavy atom. The normalized spacial score (nSPS) is 13.5. The minimum atomic E-state index is 0. The number of nitrogens with zero attached hydrogens (tertiary/aromatic N) is 2. The number of rotatable bonds is 11. The SMILES string of the molecule is CN=C(NCCCOCC1CC1)NCc1cccnc1OCc1ccccc1.I. The van der Waals surface area contributed by atoms with E-state index in [0.29, 0.717) is 19.0 Å². The Hall–Kier alpha value is -1.87. The van der Waals surface area contributed by atoms with Gasteiger partial charge in [0.25, 0.3) is 0 Å². The first-order chi connectivity index (χ1) is 13.8.